The first-order valence-corrected chi connectivity index (χ1v) is 13.2. The van der Waals surface area contributed by atoms with E-state index in [0.717, 1.165) is 37.7 Å². The van der Waals surface area contributed by atoms with Crippen LogP contribution in [0.15, 0.2) is 47.4 Å². The van der Waals surface area contributed by atoms with Gasteiger partial charge in [0.15, 0.2) is 11.5 Å². The molecule has 1 amide bonds. The van der Waals surface area contributed by atoms with Crippen molar-refractivity contribution >= 4 is 15.9 Å². The van der Waals surface area contributed by atoms with Gasteiger partial charge in [-0.3, -0.25) is 4.79 Å². The maximum atomic E-state index is 13.5. The van der Waals surface area contributed by atoms with Crippen LogP contribution in [-0.4, -0.2) is 63.4 Å². The predicted molar refractivity (Wildman–Crippen MR) is 133 cm³/mol. The van der Waals surface area contributed by atoms with Crippen molar-refractivity contribution in [3.05, 3.63) is 53.6 Å². The molecule has 1 heterocycles. The highest BCUT2D eigenvalue weighted by molar-refractivity contribution is 7.89. The minimum Gasteiger partial charge on any atom is -0.493 e. The van der Waals surface area contributed by atoms with Gasteiger partial charge < -0.3 is 14.4 Å². The van der Waals surface area contributed by atoms with E-state index in [1.54, 1.807) is 39.5 Å². The fourth-order valence-corrected chi connectivity index (χ4v) is 5.75. The van der Waals surface area contributed by atoms with Crippen LogP contribution in [0.5, 0.6) is 11.5 Å². The third-order valence-electron chi connectivity index (χ3n) is 6.59. The summed E-state index contributed by atoms with van der Waals surface area (Å²) >= 11 is 0. The molecule has 1 saturated heterocycles. The third-order valence-corrected chi connectivity index (χ3v) is 8.62. The van der Waals surface area contributed by atoms with E-state index < -0.39 is 10.0 Å². The van der Waals surface area contributed by atoms with E-state index >= 15 is 0 Å². The Labute approximate surface area is 203 Å². The van der Waals surface area contributed by atoms with Gasteiger partial charge in [-0.05, 0) is 81.8 Å². The van der Waals surface area contributed by atoms with E-state index in [9.17, 15) is 13.2 Å². The van der Waals surface area contributed by atoms with E-state index in [1.165, 1.54) is 10.4 Å². The molecule has 1 atom stereocenters. The molecule has 0 radical (unpaired) electrons. The summed E-state index contributed by atoms with van der Waals surface area (Å²) in [6.45, 7) is 4.32. The standard InChI is InChI=1S/C26H36N2O5S/c1-19(2)27(3)34(30,31)23-11-8-9-21(18-23)26(29)28-16-7-6-10-22(28)14-12-20-13-15-24(32-4)25(17-20)33-5/h8-9,11,13,15,17-19,22H,6-7,10,12,14,16H2,1-5H3/t22-/m1/s1. The van der Waals surface area contributed by atoms with Crippen LogP contribution >= 0.6 is 0 Å². The fraction of sp³-hybridized carbons (Fsp3) is 0.500. The summed E-state index contributed by atoms with van der Waals surface area (Å²) in [5, 5.41) is 0. The number of sulfonamides is 1. The molecule has 34 heavy (non-hydrogen) atoms. The number of methoxy groups -OCH3 is 2. The first-order valence-electron chi connectivity index (χ1n) is 11.8. The number of rotatable bonds is 9. The van der Waals surface area contributed by atoms with Gasteiger partial charge in [0.2, 0.25) is 10.0 Å². The number of carbonyl (C=O) groups excluding carboxylic acids is 1. The molecule has 0 saturated carbocycles. The molecule has 1 aliphatic heterocycles. The number of carbonyl (C=O) groups is 1. The Morgan fingerprint density at radius 2 is 1.82 bits per heavy atom. The van der Waals surface area contributed by atoms with Crippen LogP contribution in [-0.2, 0) is 16.4 Å². The molecule has 0 unspecified atom stereocenters. The van der Waals surface area contributed by atoms with Crippen LogP contribution in [0.3, 0.4) is 0 Å². The molecule has 8 heteroatoms. The molecule has 7 nitrogen and oxygen atoms in total. The summed E-state index contributed by atoms with van der Waals surface area (Å²) in [5.41, 5.74) is 1.54. The van der Waals surface area contributed by atoms with Crippen molar-refractivity contribution < 1.29 is 22.7 Å². The van der Waals surface area contributed by atoms with E-state index in [2.05, 4.69) is 0 Å². The first kappa shape index (κ1) is 26.0. The second-order valence-corrected chi connectivity index (χ2v) is 11.0. The van der Waals surface area contributed by atoms with Crippen LogP contribution in [0.25, 0.3) is 0 Å². The molecule has 3 rings (SSSR count). The molecule has 1 fully saturated rings. The molecule has 0 N–H and O–H groups in total. The van der Waals surface area contributed by atoms with Crippen LogP contribution < -0.4 is 9.47 Å². The van der Waals surface area contributed by atoms with Gasteiger partial charge in [0.1, 0.15) is 0 Å². The van der Waals surface area contributed by atoms with E-state index in [0.29, 0.717) is 23.6 Å². The fourth-order valence-electron chi connectivity index (χ4n) is 4.34. The van der Waals surface area contributed by atoms with Crippen molar-refractivity contribution in [1.82, 2.24) is 9.21 Å². The number of ether oxygens (including phenoxy) is 2. The van der Waals surface area contributed by atoms with E-state index in [4.69, 9.17) is 9.47 Å². The lowest BCUT2D eigenvalue weighted by Gasteiger charge is -2.36. The quantitative estimate of drug-likeness (QED) is 0.524. The van der Waals surface area contributed by atoms with Crippen LogP contribution in [0, 0.1) is 0 Å². The zero-order valence-electron chi connectivity index (χ0n) is 20.8. The van der Waals surface area contributed by atoms with Crippen molar-refractivity contribution in [3.8, 4) is 11.5 Å². The summed E-state index contributed by atoms with van der Waals surface area (Å²) in [4.78, 5) is 15.5. The molecule has 2 aromatic carbocycles. The normalized spacial score (nSPS) is 16.7. The predicted octanol–water partition coefficient (Wildman–Crippen LogP) is 4.36. The first-order chi connectivity index (χ1) is 16.2. The van der Waals surface area contributed by atoms with Crippen LogP contribution in [0.1, 0.15) is 55.5 Å². The highest BCUT2D eigenvalue weighted by Crippen LogP contribution is 2.30. The van der Waals surface area contributed by atoms with Gasteiger partial charge in [-0.2, -0.15) is 4.31 Å². The van der Waals surface area contributed by atoms with Gasteiger partial charge in [-0.15, -0.1) is 0 Å². The Morgan fingerprint density at radius 3 is 2.50 bits per heavy atom. The smallest absolute Gasteiger partial charge is 0.254 e. The number of amides is 1. The van der Waals surface area contributed by atoms with Gasteiger partial charge >= 0.3 is 0 Å². The molecule has 0 bridgehead atoms. The van der Waals surface area contributed by atoms with Gasteiger partial charge in [0.05, 0.1) is 19.1 Å². The molecule has 1 aliphatic rings. The average Bonchev–Trinajstić information content (AvgIpc) is 2.86. The van der Waals surface area contributed by atoms with Gasteiger partial charge in [-0.1, -0.05) is 12.1 Å². The number of benzene rings is 2. The van der Waals surface area contributed by atoms with Crippen molar-refractivity contribution in [2.75, 3.05) is 27.8 Å². The molecule has 0 spiro atoms. The molecule has 0 aromatic heterocycles. The minimum atomic E-state index is -3.66. The Kier molecular flexibility index (Phi) is 8.60. The summed E-state index contributed by atoms with van der Waals surface area (Å²) in [5.74, 6) is 1.28. The maximum Gasteiger partial charge on any atom is 0.254 e. The zero-order valence-corrected chi connectivity index (χ0v) is 21.6. The largest absolute Gasteiger partial charge is 0.493 e. The summed E-state index contributed by atoms with van der Waals surface area (Å²) in [6, 6.07) is 12.3. The number of likely N-dealkylation sites (tertiary alicyclic amines) is 1. The Bertz CT molecular complexity index is 1100. The highest BCUT2D eigenvalue weighted by atomic mass is 32.2. The lowest BCUT2D eigenvalue weighted by atomic mass is 9.95. The summed E-state index contributed by atoms with van der Waals surface area (Å²) in [7, 11) is 1.14. The molecule has 186 valence electrons. The lowest BCUT2D eigenvalue weighted by molar-refractivity contribution is 0.0601. The molecule has 0 aliphatic carbocycles. The highest BCUT2D eigenvalue weighted by Gasteiger charge is 2.29. The second-order valence-electron chi connectivity index (χ2n) is 9.02. The van der Waals surface area contributed by atoms with Gasteiger partial charge in [0, 0.05) is 31.2 Å². The van der Waals surface area contributed by atoms with E-state index in [1.807, 2.05) is 36.9 Å². The van der Waals surface area contributed by atoms with Crippen molar-refractivity contribution in [2.45, 2.75) is 62.9 Å². The third kappa shape index (κ3) is 5.73. The monoisotopic (exact) mass is 488 g/mol. The van der Waals surface area contributed by atoms with Gasteiger partial charge in [0.25, 0.3) is 5.91 Å². The van der Waals surface area contributed by atoms with Crippen molar-refractivity contribution in [2.24, 2.45) is 0 Å². The number of hydrogen-bond acceptors (Lipinski definition) is 5. The Balaban J connectivity index is 1.77. The minimum absolute atomic E-state index is 0.105. The van der Waals surface area contributed by atoms with Crippen molar-refractivity contribution in [1.29, 1.82) is 0 Å². The van der Waals surface area contributed by atoms with Crippen LogP contribution in [0.2, 0.25) is 0 Å². The summed E-state index contributed by atoms with van der Waals surface area (Å²) < 4.78 is 37.9. The zero-order chi connectivity index (χ0) is 24.9. The molecular weight excluding hydrogens is 452 g/mol. The SMILES string of the molecule is COc1ccc(CC[C@H]2CCCCN2C(=O)c2cccc(S(=O)(=O)N(C)C(C)C)c2)cc1OC. The maximum absolute atomic E-state index is 13.5. The Hall–Kier alpha value is -2.58. The van der Waals surface area contributed by atoms with Crippen molar-refractivity contribution in [3.63, 3.8) is 0 Å². The Morgan fingerprint density at radius 1 is 1.09 bits per heavy atom. The number of aryl methyl sites for hydroxylation is 1. The molecular formula is C26H36N2O5S. The van der Waals surface area contributed by atoms with E-state index in [-0.39, 0.29) is 22.9 Å². The van der Waals surface area contributed by atoms with Gasteiger partial charge in [-0.25, -0.2) is 8.42 Å². The van der Waals surface area contributed by atoms with Crippen LogP contribution in [0.4, 0.5) is 0 Å². The second kappa shape index (κ2) is 11.2. The molecule has 2 aromatic rings. The number of nitrogens with zero attached hydrogens (tertiary/aromatic N) is 2. The summed E-state index contributed by atoms with van der Waals surface area (Å²) in [6.07, 6.45) is 4.60. The topological polar surface area (TPSA) is 76.2 Å². The number of piperidine rings is 1. The average molecular weight is 489 g/mol. The number of hydrogen-bond donors (Lipinski definition) is 0. The lowest BCUT2D eigenvalue weighted by Crippen LogP contribution is -2.44.